The van der Waals surface area contributed by atoms with Crippen LogP contribution in [0.5, 0.6) is 0 Å². The molecule has 0 aliphatic heterocycles. The summed E-state index contributed by atoms with van der Waals surface area (Å²) in [6.07, 6.45) is 3.27. The number of rotatable bonds is 8. The van der Waals surface area contributed by atoms with E-state index in [0.717, 1.165) is 21.6 Å². The van der Waals surface area contributed by atoms with Crippen LogP contribution in [-0.2, 0) is 23.1 Å². The van der Waals surface area contributed by atoms with Crippen molar-refractivity contribution in [2.75, 3.05) is 4.31 Å². The van der Waals surface area contributed by atoms with Gasteiger partial charge >= 0.3 is 5.97 Å². The lowest BCUT2D eigenvalue weighted by Gasteiger charge is -2.25. The van der Waals surface area contributed by atoms with Crippen LogP contribution < -0.4 is 4.31 Å². The molecule has 0 amide bonds. The number of benzene rings is 3. The van der Waals surface area contributed by atoms with Crippen LogP contribution in [0.3, 0.4) is 0 Å². The van der Waals surface area contributed by atoms with Crippen molar-refractivity contribution in [2.45, 2.75) is 18.0 Å². The molecule has 184 valence electrons. The maximum Gasteiger partial charge on any atom is 0.345 e. The molecular formula is C27H20N4O4S2. The molecule has 2 heterocycles. The third kappa shape index (κ3) is 4.95. The summed E-state index contributed by atoms with van der Waals surface area (Å²) in [6, 6.07) is 24.1. The van der Waals surface area contributed by atoms with Crippen molar-refractivity contribution in [1.82, 2.24) is 9.55 Å². The second kappa shape index (κ2) is 9.89. The van der Waals surface area contributed by atoms with Gasteiger partial charge in [0.2, 0.25) is 0 Å². The molecule has 3 aromatic carbocycles. The number of fused-ring (bicyclic) bond motifs is 1. The third-order valence-corrected chi connectivity index (χ3v) is 8.76. The lowest BCUT2D eigenvalue weighted by Crippen LogP contribution is -2.31. The molecule has 0 bridgehead atoms. The summed E-state index contributed by atoms with van der Waals surface area (Å²) < 4.78 is 31.6. The van der Waals surface area contributed by atoms with Gasteiger partial charge in [-0.3, -0.25) is 4.31 Å². The van der Waals surface area contributed by atoms with E-state index in [2.05, 4.69) is 11.1 Å². The van der Waals surface area contributed by atoms with Gasteiger partial charge in [-0.05, 0) is 59.5 Å². The zero-order chi connectivity index (χ0) is 26.0. The number of anilines is 1. The number of aromatic carboxylic acids is 1. The second-order valence-corrected chi connectivity index (χ2v) is 11.2. The highest BCUT2D eigenvalue weighted by atomic mass is 32.2. The van der Waals surface area contributed by atoms with Crippen LogP contribution in [-0.4, -0.2) is 29.0 Å². The molecule has 0 saturated carbocycles. The molecule has 0 fully saturated rings. The first kappa shape index (κ1) is 24.2. The van der Waals surface area contributed by atoms with E-state index in [9.17, 15) is 18.3 Å². The van der Waals surface area contributed by atoms with Crippen molar-refractivity contribution < 1.29 is 18.3 Å². The van der Waals surface area contributed by atoms with E-state index in [1.807, 2.05) is 16.7 Å². The molecule has 0 radical (unpaired) electrons. The van der Waals surface area contributed by atoms with E-state index >= 15 is 0 Å². The number of hydrogen-bond donors (Lipinski definition) is 1. The van der Waals surface area contributed by atoms with Gasteiger partial charge in [0.1, 0.15) is 4.88 Å². The van der Waals surface area contributed by atoms with Crippen molar-refractivity contribution >= 4 is 43.1 Å². The van der Waals surface area contributed by atoms with Crippen molar-refractivity contribution in [3.05, 3.63) is 113 Å². The van der Waals surface area contributed by atoms with E-state index in [1.165, 1.54) is 4.31 Å². The summed E-state index contributed by atoms with van der Waals surface area (Å²) >= 11 is 1.14. The first-order chi connectivity index (χ1) is 17.8. The van der Waals surface area contributed by atoms with Crippen LogP contribution in [0.1, 0.15) is 26.5 Å². The zero-order valence-corrected chi connectivity index (χ0v) is 21.0. The predicted octanol–water partition coefficient (Wildman–Crippen LogP) is 5.11. The molecule has 0 aliphatic carbocycles. The molecule has 0 unspecified atom stereocenters. The monoisotopic (exact) mass is 528 g/mol. The minimum Gasteiger partial charge on any atom is -0.477 e. The van der Waals surface area contributed by atoms with Crippen molar-refractivity contribution in [3.8, 4) is 6.07 Å². The quantitative estimate of drug-likeness (QED) is 0.299. The van der Waals surface area contributed by atoms with Gasteiger partial charge < -0.3 is 9.67 Å². The Bertz CT molecular complexity index is 1730. The van der Waals surface area contributed by atoms with Gasteiger partial charge in [0.25, 0.3) is 10.0 Å². The Labute approximate surface area is 217 Å². The van der Waals surface area contributed by atoms with Crippen molar-refractivity contribution in [3.63, 3.8) is 0 Å². The van der Waals surface area contributed by atoms with Gasteiger partial charge in [-0.25, -0.2) is 18.2 Å². The number of sulfonamides is 1. The number of carboxylic acids is 1. The molecule has 0 aliphatic rings. The summed E-state index contributed by atoms with van der Waals surface area (Å²) in [4.78, 5) is 16.0. The topological polar surface area (TPSA) is 116 Å². The molecule has 0 spiro atoms. The van der Waals surface area contributed by atoms with Crippen LogP contribution in [0.15, 0.2) is 96.3 Å². The Balaban J connectivity index is 1.55. The number of nitrogens with zero attached hydrogens (tertiary/aromatic N) is 4. The number of carbonyl (C=O) groups is 1. The second-order valence-electron chi connectivity index (χ2n) is 8.28. The van der Waals surface area contributed by atoms with Crippen LogP contribution in [0, 0.1) is 11.3 Å². The fourth-order valence-electron chi connectivity index (χ4n) is 3.98. The molecule has 2 aromatic heterocycles. The fraction of sp³-hybridized carbons (Fsp3) is 0.0741. The molecule has 37 heavy (non-hydrogen) atoms. The van der Waals surface area contributed by atoms with Crippen LogP contribution in [0.4, 0.5) is 5.69 Å². The molecule has 1 N–H and O–H groups in total. The van der Waals surface area contributed by atoms with E-state index in [0.29, 0.717) is 28.9 Å². The summed E-state index contributed by atoms with van der Waals surface area (Å²) in [7, 11) is -3.96. The summed E-state index contributed by atoms with van der Waals surface area (Å²) in [5.74, 6) is -1.02. The predicted molar refractivity (Wildman–Crippen MR) is 141 cm³/mol. The van der Waals surface area contributed by atoms with Gasteiger partial charge in [0.15, 0.2) is 0 Å². The highest BCUT2D eigenvalue weighted by molar-refractivity contribution is 7.92. The molecular weight excluding hydrogens is 508 g/mol. The van der Waals surface area contributed by atoms with Gasteiger partial charge in [-0.1, -0.05) is 30.3 Å². The Morgan fingerprint density at radius 2 is 1.81 bits per heavy atom. The number of hydrogen-bond acceptors (Lipinski definition) is 6. The van der Waals surface area contributed by atoms with Crippen LogP contribution >= 0.6 is 11.3 Å². The summed E-state index contributed by atoms with van der Waals surface area (Å²) in [5, 5.41) is 19.1. The molecule has 5 aromatic rings. The van der Waals surface area contributed by atoms with E-state index < -0.39 is 16.0 Å². The summed E-state index contributed by atoms with van der Waals surface area (Å²) in [5.41, 5.74) is 2.58. The Hall–Kier alpha value is -4.46. The molecule has 0 atom stereocenters. The third-order valence-electron chi connectivity index (χ3n) is 5.87. The molecule has 8 nitrogen and oxygen atoms in total. The smallest absolute Gasteiger partial charge is 0.345 e. The standard InChI is InChI=1S/C27H20N4O4S2/c28-14-19-6-8-20(9-7-19)16-30-18-29-15-23(30)17-31(37(34,35)24-4-2-1-3-5-24)22-10-11-25-21(12-22)13-26(36-25)27(32)33/h1-13,15,18H,16-17H2,(H,32,33). The average molecular weight is 529 g/mol. The maximum absolute atomic E-state index is 13.8. The first-order valence-electron chi connectivity index (χ1n) is 11.2. The minimum atomic E-state index is -3.96. The Morgan fingerprint density at radius 3 is 2.51 bits per heavy atom. The van der Waals surface area contributed by atoms with Crippen molar-refractivity contribution in [2.24, 2.45) is 0 Å². The normalized spacial score (nSPS) is 11.3. The molecule has 5 rings (SSSR count). The largest absolute Gasteiger partial charge is 0.477 e. The van der Waals surface area contributed by atoms with E-state index in [4.69, 9.17) is 5.26 Å². The number of aromatic nitrogens is 2. The van der Waals surface area contributed by atoms with Gasteiger partial charge in [-0.15, -0.1) is 11.3 Å². The number of carboxylic acid groups (broad SMARTS) is 1. The van der Waals surface area contributed by atoms with E-state index in [-0.39, 0.29) is 16.3 Å². The van der Waals surface area contributed by atoms with Crippen LogP contribution in [0.25, 0.3) is 10.1 Å². The lowest BCUT2D eigenvalue weighted by atomic mass is 10.1. The Kier molecular flexibility index (Phi) is 6.48. The number of thiophene rings is 1. The highest BCUT2D eigenvalue weighted by Gasteiger charge is 2.27. The maximum atomic E-state index is 13.8. The molecule has 0 saturated heterocycles. The number of nitriles is 1. The van der Waals surface area contributed by atoms with Crippen molar-refractivity contribution in [1.29, 1.82) is 5.26 Å². The van der Waals surface area contributed by atoms with Gasteiger partial charge in [-0.2, -0.15) is 5.26 Å². The first-order valence-corrected chi connectivity index (χ1v) is 13.4. The Morgan fingerprint density at radius 1 is 1.05 bits per heavy atom. The van der Waals surface area contributed by atoms with Crippen LogP contribution in [0.2, 0.25) is 0 Å². The SMILES string of the molecule is N#Cc1ccc(Cn2cncc2CN(c2ccc3sc(C(=O)O)cc3c2)S(=O)(=O)c2ccccc2)cc1. The lowest BCUT2D eigenvalue weighted by molar-refractivity contribution is 0.0702. The average Bonchev–Trinajstić information content (AvgIpc) is 3.54. The number of imidazole rings is 1. The van der Waals surface area contributed by atoms with Gasteiger partial charge in [0, 0.05) is 17.4 Å². The van der Waals surface area contributed by atoms with E-state index in [1.54, 1.807) is 79.3 Å². The fourth-order valence-corrected chi connectivity index (χ4v) is 6.31. The highest BCUT2D eigenvalue weighted by Crippen LogP contribution is 2.33. The zero-order valence-electron chi connectivity index (χ0n) is 19.4. The summed E-state index contributed by atoms with van der Waals surface area (Å²) in [6.45, 7) is 0.459. The van der Waals surface area contributed by atoms with Gasteiger partial charge in [0.05, 0.1) is 40.8 Å². The molecule has 10 heteroatoms. The minimum absolute atomic E-state index is 0.00887.